The normalized spacial score (nSPS) is 10.3. The highest BCUT2D eigenvalue weighted by Gasteiger charge is 2.15. The maximum atomic E-state index is 12.8. The lowest BCUT2D eigenvalue weighted by atomic mass is 10.2. The third kappa shape index (κ3) is 14.7. The first-order chi connectivity index (χ1) is 30.1. The Morgan fingerprint density at radius 1 is 0.339 bits per heavy atom. The summed E-state index contributed by atoms with van der Waals surface area (Å²) >= 11 is 0. The summed E-state index contributed by atoms with van der Waals surface area (Å²) in [6, 6.07) is 30.4. The van der Waals surface area contributed by atoms with Gasteiger partial charge in [-0.05, 0) is 147 Å². The van der Waals surface area contributed by atoms with Crippen LogP contribution in [0.4, 0.5) is 0 Å². The standard InChI is InChI=1S/C48H42O14/c1-3-43(49)57-31-7-5-29-55-37-17-9-33(10-18-37)45(51)59-39-21-13-35(14-22-39)47(53)61-41-25-27-42(28-26-41)62-48(54)36-15-23-40(24-16-36)60-46(52)34-11-19-38(20-12-34)56-30-6-8-32-58-44(50)4-2/h3-4,9-28H,1-2,5-8,29-32H2. The summed E-state index contributed by atoms with van der Waals surface area (Å²) in [5.74, 6) is -1.50. The summed E-state index contributed by atoms with van der Waals surface area (Å²) in [6.45, 7) is 8.05. The van der Waals surface area contributed by atoms with Crippen molar-refractivity contribution < 1.29 is 66.7 Å². The van der Waals surface area contributed by atoms with Crippen LogP contribution in [0.5, 0.6) is 34.5 Å². The Bertz CT molecular complexity index is 2150. The highest BCUT2D eigenvalue weighted by molar-refractivity contribution is 5.94. The molecule has 0 N–H and O–H groups in total. The zero-order chi connectivity index (χ0) is 44.1. The van der Waals surface area contributed by atoms with Gasteiger partial charge < -0.3 is 37.9 Å². The van der Waals surface area contributed by atoms with Crippen LogP contribution >= 0.6 is 0 Å². The Kier molecular flexibility index (Phi) is 17.1. The molecule has 0 aliphatic rings. The molecule has 318 valence electrons. The topological polar surface area (TPSA) is 176 Å². The number of benzene rings is 5. The molecule has 0 unspecified atom stereocenters. The van der Waals surface area contributed by atoms with E-state index < -0.39 is 35.8 Å². The summed E-state index contributed by atoms with van der Waals surface area (Å²) in [5.41, 5.74) is 0.997. The molecule has 0 heterocycles. The van der Waals surface area contributed by atoms with Crippen molar-refractivity contribution in [1.82, 2.24) is 0 Å². The first-order valence-electron chi connectivity index (χ1n) is 19.3. The third-order valence-corrected chi connectivity index (χ3v) is 8.46. The van der Waals surface area contributed by atoms with Crippen molar-refractivity contribution in [2.75, 3.05) is 26.4 Å². The van der Waals surface area contributed by atoms with Crippen molar-refractivity contribution in [3.05, 3.63) is 169 Å². The van der Waals surface area contributed by atoms with Crippen molar-refractivity contribution in [2.45, 2.75) is 25.7 Å². The molecule has 0 aliphatic carbocycles. The van der Waals surface area contributed by atoms with Crippen LogP contribution in [0.15, 0.2) is 147 Å². The fraction of sp³-hybridized carbons (Fsp3) is 0.167. The van der Waals surface area contributed by atoms with E-state index in [9.17, 15) is 28.8 Å². The van der Waals surface area contributed by atoms with E-state index in [0.29, 0.717) is 61.5 Å². The average molecular weight is 843 g/mol. The van der Waals surface area contributed by atoms with E-state index in [4.69, 9.17) is 37.9 Å². The SMILES string of the molecule is C=CC(=O)OCCCCOc1ccc(C(=O)Oc2ccc(C(=O)Oc3ccc(OC(=O)c4ccc(OC(=O)c5ccc(OCCCCOC(=O)C=C)cc5)cc4)cc3)cc2)cc1. The lowest BCUT2D eigenvalue weighted by Crippen LogP contribution is -2.11. The zero-order valence-electron chi connectivity index (χ0n) is 33.5. The van der Waals surface area contributed by atoms with Crippen LogP contribution in [0.3, 0.4) is 0 Å². The van der Waals surface area contributed by atoms with E-state index in [1.165, 1.54) is 72.8 Å². The number of carbonyl (C=O) groups is 6. The molecule has 5 aromatic rings. The highest BCUT2D eigenvalue weighted by atomic mass is 16.6. The van der Waals surface area contributed by atoms with Crippen LogP contribution in [0.2, 0.25) is 0 Å². The Morgan fingerprint density at radius 3 is 0.823 bits per heavy atom. The van der Waals surface area contributed by atoms with Crippen LogP contribution < -0.4 is 28.4 Å². The molecule has 5 aromatic carbocycles. The van der Waals surface area contributed by atoms with Gasteiger partial charge in [0.1, 0.15) is 34.5 Å². The van der Waals surface area contributed by atoms with E-state index in [-0.39, 0.29) is 47.3 Å². The molecule has 14 heteroatoms. The molecule has 0 atom stereocenters. The van der Waals surface area contributed by atoms with Crippen LogP contribution in [0, 0.1) is 0 Å². The molecule has 5 rings (SSSR count). The Hall–Kier alpha value is -8.00. The van der Waals surface area contributed by atoms with Gasteiger partial charge in [-0.1, -0.05) is 13.2 Å². The quantitative estimate of drug-likeness (QED) is 0.0281. The van der Waals surface area contributed by atoms with Gasteiger partial charge in [-0.25, -0.2) is 28.8 Å². The lowest BCUT2D eigenvalue weighted by molar-refractivity contribution is -0.138. The first kappa shape index (κ1) is 45.1. The molecule has 0 amide bonds. The predicted molar refractivity (Wildman–Crippen MR) is 224 cm³/mol. The highest BCUT2D eigenvalue weighted by Crippen LogP contribution is 2.23. The molecule has 0 saturated heterocycles. The Balaban J connectivity index is 1.00. The van der Waals surface area contributed by atoms with Crippen LogP contribution in [0.1, 0.15) is 67.1 Å². The molecule has 0 radical (unpaired) electrons. The minimum Gasteiger partial charge on any atom is -0.494 e. The van der Waals surface area contributed by atoms with E-state index in [1.807, 2.05) is 0 Å². The van der Waals surface area contributed by atoms with Gasteiger partial charge in [0.05, 0.1) is 48.7 Å². The van der Waals surface area contributed by atoms with E-state index in [2.05, 4.69) is 13.2 Å². The predicted octanol–water partition coefficient (Wildman–Crippen LogP) is 8.34. The smallest absolute Gasteiger partial charge is 0.343 e. The van der Waals surface area contributed by atoms with Gasteiger partial charge in [0.15, 0.2) is 0 Å². The van der Waals surface area contributed by atoms with Gasteiger partial charge in [-0.3, -0.25) is 0 Å². The van der Waals surface area contributed by atoms with Gasteiger partial charge in [0.2, 0.25) is 0 Å². The molecule has 0 aliphatic heterocycles. The first-order valence-corrected chi connectivity index (χ1v) is 19.3. The second kappa shape index (κ2) is 23.6. The minimum atomic E-state index is -0.665. The summed E-state index contributed by atoms with van der Waals surface area (Å²) in [6.07, 6.45) is 4.83. The van der Waals surface area contributed by atoms with Crippen LogP contribution in [-0.2, 0) is 19.1 Å². The molecular weight excluding hydrogens is 801 g/mol. The second-order valence-electron chi connectivity index (χ2n) is 13.0. The number of hydrogen-bond acceptors (Lipinski definition) is 14. The molecule has 62 heavy (non-hydrogen) atoms. The molecule has 0 fully saturated rings. The Morgan fingerprint density at radius 2 is 0.565 bits per heavy atom. The van der Waals surface area contributed by atoms with E-state index in [0.717, 1.165) is 12.2 Å². The van der Waals surface area contributed by atoms with Crippen LogP contribution in [-0.4, -0.2) is 62.2 Å². The van der Waals surface area contributed by atoms with E-state index >= 15 is 0 Å². The monoisotopic (exact) mass is 842 g/mol. The number of ether oxygens (including phenoxy) is 8. The van der Waals surface area contributed by atoms with Crippen molar-refractivity contribution in [2.24, 2.45) is 0 Å². The zero-order valence-corrected chi connectivity index (χ0v) is 33.5. The lowest BCUT2D eigenvalue weighted by Gasteiger charge is -2.09. The average Bonchev–Trinajstić information content (AvgIpc) is 3.29. The minimum absolute atomic E-state index is 0.195. The molecular formula is C48H42O14. The number of esters is 6. The number of unbranched alkanes of at least 4 members (excludes halogenated alkanes) is 2. The summed E-state index contributed by atoms with van der Waals surface area (Å²) in [5, 5.41) is 0. The molecule has 0 bridgehead atoms. The third-order valence-electron chi connectivity index (χ3n) is 8.46. The maximum absolute atomic E-state index is 12.8. The van der Waals surface area contributed by atoms with Crippen LogP contribution in [0.25, 0.3) is 0 Å². The molecule has 14 nitrogen and oxygen atoms in total. The number of carbonyl (C=O) groups excluding carboxylic acids is 6. The largest absolute Gasteiger partial charge is 0.494 e. The van der Waals surface area contributed by atoms with Crippen molar-refractivity contribution in [3.8, 4) is 34.5 Å². The van der Waals surface area contributed by atoms with Crippen molar-refractivity contribution >= 4 is 35.8 Å². The number of rotatable bonds is 22. The van der Waals surface area contributed by atoms with Gasteiger partial charge in [0, 0.05) is 12.2 Å². The van der Waals surface area contributed by atoms with Gasteiger partial charge in [-0.15, -0.1) is 0 Å². The molecule has 0 aromatic heterocycles. The number of hydrogen-bond donors (Lipinski definition) is 0. The van der Waals surface area contributed by atoms with Gasteiger partial charge >= 0.3 is 35.8 Å². The summed E-state index contributed by atoms with van der Waals surface area (Å²) in [4.78, 5) is 73.0. The fourth-order valence-electron chi connectivity index (χ4n) is 5.18. The van der Waals surface area contributed by atoms with E-state index in [1.54, 1.807) is 48.5 Å². The second-order valence-corrected chi connectivity index (χ2v) is 13.0. The van der Waals surface area contributed by atoms with Gasteiger partial charge in [0.25, 0.3) is 0 Å². The fourth-order valence-corrected chi connectivity index (χ4v) is 5.18. The molecule has 0 spiro atoms. The maximum Gasteiger partial charge on any atom is 0.343 e. The summed E-state index contributed by atoms with van der Waals surface area (Å²) in [7, 11) is 0. The van der Waals surface area contributed by atoms with Crippen molar-refractivity contribution in [3.63, 3.8) is 0 Å². The van der Waals surface area contributed by atoms with Crippen molar-refractivity contribution in [1.29, 1.82) is 0 Å². The molecule has 0 saturated carbocycles. The summed E-state index contributed by atoms with van der Waals surface area (Å²) < 4.78 is 42.9. The Labute approximate surface area is 357 Å². The van der Waals surface area contributed by atoms with Gasteiger partial charge in [-0.2, -0.15) is 0 Å².